The Labute approximate surface area is 126 Å². The molecular formula is C15H26N2O2S. The molecule has 1 aliphatic heterocycles. The predicted molar refractivity (Wildman–Crippen MR) is 82.7 cm³/mol. The normalized spacial score (nSPS) is 22.1. The number of amides is 2. The first kappa shape index (κ1) is 15.7. The van der Waals surface area contributed by atoms with Gasteiger partial charge in [-0.05, 0) is 31.4 Å². The molecule has 2 amide bonds. The van der Waals surface area contributed by atoms with E-state index in [9.17, 15) is 9.59 Å². The van der Waals surface area contributed by atoms with Crippen molar-refractivity contribution in [3.8, 4) is 0 Å². The lowest BCUT2D eigenvalue weighted by Gasteiger charge is -2.35. The maximum atomic E-state index is 12.4. The summed E-state index contributed by atoms with van der Waals surface area (Å²) in [5.41, 5.74) is 0. The largest absolute Gasteiger partial charge is 0.339 e. The lowest BCUT2D eigenvalue weighted by Crippen LogP contribution is -2.51. The average Bonchev–Trinajstić information content (AvgIpc) is 2.97. The van der Waals surface area contributed by atoms with Crippen molar-refractivity contribution >= 4 is 23.6 Å². The van der Waals surface area contributed by atoms with E-state index >= 15 is 0 Å². The van der Waals surface area contributed by atoms with Gasteiger partial charge in [0, 0.05) is 33.1 Å². The number of rotatable bonds is 4. The van der Waals surface area contributed by atoms with Crippen LogP contribution in [0, 0.1) is 5.92 Å². The van der Waals surface area contributed by atoms with Gasteiger partial charge in [-0.25, -0.2) is 0 Å². The van der Waals surface area contributed by atoms with Gasteiger partial charge in [0.05, 0.1) is 5.25 Å². The molecule has 0 spiro atoms. The zero-order valence-corrected chi connectivity index (χ0v) is 13.5. The van der Waals surface area contributed by atoms with E-state index in [4.69, 9.17) is 0 Å². The van der Waals surface area contributed by atoms with Crippen molar-refractivity contribution in [2.45, 2.75) is 44.8 Å². The van der Waals surface area contributed by atoms with Gasteiger partial charge in [0.15, 0.2) is 0 Å². The number of piperazine rings is 1. The molecule has 5 heteroatoms. The highest BCUT2D eigenvalue weighted by molar-refractivity contribution is 8.00. The molecule has 1 saturated carbocycles. The SMILES string of the molecule is CC(=O)N1CCN(C(=O)[C@@H](C)SCC2CCCC2)CC1. The van der Waals surface area contributed by atoms with Crippen LogP contribution >= 0.6 is 11.8 Å². The molecule has 114 valence electrons. The van der Waals surface area contributed by atoms with Crippen LogP contribution in [0.2, 0.25) is 0 Å². The summed E-state index contributed by atoms with van der Waals surface area (Å²) >= 11 is 1.81. The minimum atomic E-state index is 0.0551. The molecule has 2 rings (SSSR count). The number of carbonyl (C=O) groups is 2. The van der Waals surface area contributed by atoms with Gasteiger partial charge >= 0.3 is 0 Å². The molecule has 0 bridgehead atoms. The Balaban J connectivity index is 1.71. The second kappa shape index (κ2) is 7.34. The molecule has 0 aromatic rings. The molecular weight excluding hydrogens is 272 g/mol. The van der Waals surface area contributed by atoms with Crippen LogP contribution in [0.3, 0.4) is 0 Å². The van der Waals surface area contributed by atoms with Crippen molar-refractivity contribution in [1.82, 2.24) is 9.80 Å². The van der Waals surface area contributed by atoms with Crippen molar-refractivity contribution in [3.05, 3.63) is 0 Å². The number of hydrogen-bond donors (Lipinski definition) is 0. The minimum Gasteiger partial charge on any atom is -0.339 e. The first-order chi connectivity index (χ1) is 9.58. The smallest absolute Gasteiger partial charge is 0.235 e. The zero-order valence-electron chi connectivity index (χ0n) is 12.6. The van der Waals surface area contributed by atoms with E-state index in [0.29, 0.717) is 26.2 Å². The van der Waals surface area contributed by atoms with Crippen LogP contribution in [-0.2, 0) is 9.59 Å². The summed E-state index contributed by atoms with van der Waals surface area (Å²) in [5.74, 6) is 2.31. The van der Waals surface area contributed by atoms with Crippen LogP contribution in [0.15, 0.2) is 0 Å². The van der Waals surface area contributed by atoms with Crippen LogP contribution in [0.1, 0.15) is 39.5 Å². The molecule has 4 nitrogen and oxygen atoms in total. The van der Waals surface area contributed by atoms with Crippen LogP contribution in [0.5, 0.6) is 0 Å². The molecule has 0 unspecified atom stereocenters. The minimum absolute atomic E-state index is 0.0551. The van der Waals surface area contributed by atoms with Crippen molar-refractivity contribution in [2.24, 2.45) is 5.92 Å². The van der Waals surface area contributed by atoms with E-state index in [0.717, 1.165) is 11.7 Å². The summed E-state index contributed by atoms with van der Waals surface area (Å²) in [4.78, 5) is 27.4. The van der Waals surface area contributed by atoms with Crippen molar-refractivity contribution in [3.63, 3.8) is 0 Å². The quantitative estimate of drug-likeness (QED) is 0.797. The van der Waals surface area contributed by atoms with E-state index < -0.39 is 0 Å². The predicted octanol–water partition coefficient (Wildman–Crippen LogP) is 1.99. The molecule has 1 atom stereocenters. The maximum absolute atomic E-state index is 12.4. The van der Waals surface area contributed by atoms with Gasteiger partial charge in [0.1, 0.15) is 0 Å². The van der Waals surface area contributed by atoms with Crippen LogP contribution in [-0.4, -0.2) is 58.8 Å². The Morgan fingerprint density at radius 2 is 1.65 bits per heavy atom. The lowest BCUT2D eigenvalue weighted by atomic mass is 10.1. The molecule has 1 saturated heterocycles. The van der Waals surface area contributed by atoms with Crippen molar-refractivity contribution in [1.29, 1.82) is 0 Å². The highest BCUT2D eigenvalue weighted by atomic mass is 32.2. The molecule has 0 aromatic heterocycles. The summed E-state index contributed by atoms with van der Waals surface area (Å²) in [6, 6.07) is 0. The fraction of sp³-hybridized carbons (Fsp3) is 0.867. The highest BCUT2D eigenvalue weighted by Gasteiger charge is 2.26. The average molecular weight is 298 g/mol. The first-order valence-electron chi connectivity index (χ1n) is 7.74. The van der Waals surface area contributed by atoms with Gasteiger partial charge in [-0.2, -0.15) is 0 Å². The second-order valence-electron chi connectivity index (χ2n) is 5.96. The van der Waals surface area contributed by atoms with E-state index in [2.05, 4.69) is 0 Å². The third-order valence-electron chi connectivity index (χ3n) is 4.44. The molecule has 1 heterocycles. The first-order valence-corrected chi connectivity index (χ1v) is 8.78. The van der Waals surface area contributed by atoms with Crippen molar-refractivity contribution in [2.75, 3.05) is 31.9 Å². The Hall–Kier alpha value is -0.710. The summed E-state index contributed by atoms with van der Waals surface area (Å²) in [6.07, 6.45) is 5.40. The number of thioether (sulfide) groups is 1. The third-order valence-corrected chi connectivity index (χ3v) is 5.81. The van der Waals surface area contributed by atoms with Crippen LogP contribution in [0.4, 0.5) is 0 Å². The summed E-state index contributed by atoms with van der Waals surface area (Å²) in [6.45, 7) is 6.36. The molecule has 2 aliphatic rings. The van der Waals surface area contributed by atoms with Gasteiger partial charge < -0.3 is 9.80 Å². The number of carbonyl (C=O) groups excluding carboxylic acids is 2. The number of nitrogens with zero attached hydrogens (tertiary/aromatic N) is 2. The van der Waals surface area contributed by atoms with E-state index in [1.165, 1.54) is 25.7 Å². The number of hydrogen-bond acceptors (Lipinski definition) is 3. The van der Waals surface area contributed by atoms with Crippen molar-refractivity contribution < 1.29 is 9.59 Å². The fourth-order valence-electron chi connectivity index (χ4n) is 3.03. The molecule has 0 aromatic carbocycles. The van der Waals surface area contributed by atoms with Gasteiger partial charge in [0.2, 0.25) is 11.8 Å². The van der Waals surface area contributed by atoms with Gasteiger partial charge in [-0.1, -0.05) is 12.8 Å². The Morgan fingerprint density at radius 3 is 2.20 bits per heavy atom. The van der Waals surface area contributed by atoms with E-state index in [1.807, 2.05) is 28.5 Å². The molecule has 1 aliphatic carbocycles. The lowest BCUT2D eigenvalue weighted by molar-refractivity contribution is -0.137. The molecule has 0 N–H and O–H groups in total. The third kappa shape index (κ3) is 4.14. The Morgan fingerprint density at radius 1 is 1.10 bits per heavy atom. The second-order valence-corrected chi connectivity index (χ2v) is 7.33. The van der Waals surface area contributed by atoms with Gasteiger partial charge in [-0.3, -0.25) is 9.59 Å². The summed E-state index contributed by atoms with van der Waals surface area (Å²) in [7, 11) is 0. The maximum Gasteiger partial charge on any atom is 0.235 e. The van der Waals surface area contributed by atoms with E-state index in [1.54, 1.807) is 6.92 Å². The topological polar surface area (TPSA) is 40.6 Å². The fourth-order valence-corrected chi connectivity index (χ4v) is 4.21. The summed E-state index contributed by atoms with van der Waals surface area (Å²) < 4.78 is 0. The highest BCUT2D eigenvalue weighted by Crippen LogP contribution is 2.29. The monoisotopic (exact) mass is 298 g/mol. The summed E-state index contributed by atoms with van der Waals surface area (Å²) in [5, 5.41) is 0.0551. The molecule has 20 heavy (non-hydrogen) atoms. The van der Waals surface area contributed by atoms with Gasteiger partial charge in [0.25, 0.3) is 0 Å². The Bertz CT molecular complexity index is 348. The molecule has 2 fully saturated rings. The van der Waals surface area contributed by atoms with E-state index in [-0.39, 0.29) is 17.1 Å². The van der Waals surface area contributed by atoms with Gasteiger partial charge in [-0.15, -0.1) is 11.8 Å². The van der Waals surface area contributed by atoms with Crippen LogP contribution < -0.4 is 0 Å². The standard InChI is InChI=1S/C15H26N2O2S/c1-12(20-11-14-5-3-4-6-14)15(19)17-9-7-16(8-10-17)13(2)18/h12,14H,3-11H2,1-2H3/t12-/m1/s1. The Kier molecular flexibility index (Phi) is 5.75. The zero-order chi connectivity index (χ0) is 14.5. The van der Waals surface area contributed by atoms with Crippen LogP contribution in [0.25, 0.3) is 0 Å². The molecule has 0 radical (unpaired) electrons.